The molecular formula is C54H36N2. The monoisotopic (exact) mass is 712 g/mol. The fourth-order valence-corrected chi connectivity index (χ4v) is 8.79. The zero-order chi connectivity index (χ0) is 37.0. The van der Waals surface area contributed by atoms with Gasteiger partial charge in [-0.1, -0.05) is 170 Å². The van der Waals surface area contributed by atoms with Crippen molar-refractivity contribution in [1.82, 2.24) is 4.57 Å². The molecule has 0 bridgehead atoms. The van der Waals surface area contributed by atoms with Crippen LogP contribution in [0.25, 0.3) is 82.1 Å². The molecule has 0 radical (unpaired) electrons. The topological polar surface area (TPSA) is 8.17 Å². The second kappa shape index (κ2) is 13.2. The van der Waals surface area contributed by atoms with Crippen LogP contribution in [-0.4, -0.2) is 4.57 Å². The Morgan fingerprint density at radius 3 is 1.68 bits per heavy atom. The summed E-state index contributed by atoms with van der Waals surface area (Å²) in [5, 5.41) is 10.1. The largest absolute Gasteiger partial charge is 0.308 e. The van der Waals surface area contributed by atoms with Gasteiger partial charge in [-0.3, -0.25) is 0 Å². The van der Waals surface area contributed by atoms with E-state index in [-0.39, 0.29) is 0 Å². The maximum Gasteiger partial charge on any atom is 0.0782 e. The first-order valence-corrected chi connectivity index (χ1v) is 19.3. The van der Waals surface area contributed by atoms with E-state index in [2.05, 4.69) is 228 Å². The molecule has 11 aromatic rings. The molecule has 0 aliphatic rings. The van der Waals surface area contributed by atoms with Crippen LogP contribution in [0.2, 0.25) is 0 Å². The Morgan fingerprint density at radius 2 is 0.893 bits per heavy atom. The van der Waals surface area contributed by atoms with Gasteiger partial charge >= 0.3 is 0 Å². The Balaban J connectivity index is 1.12. The van der Waals surface area contributed by atoms with Crippen LogP contribution in [0.4, 0.5) is 17.1 Å². The summed E-state index contributed by atoms with van der Waals surface area (Å²) in [4.78, 5) is 2.42. The zero-order valence-electron chi connectivity index (χ0n) is 30.7. The molecule has 0 unspecified atom stereocenters. The summed E-state index contributed by atoms with van der Waals surface area (Å²) in [6.45, 7) is 0. The molecule has 11 rings (SSSR count). The van der Waals surface area contributed by atoms with Gasteiger partial charge in [0, 0.05) is 27.8 Å². The third-order valence-corrected chi connectivity index (χ3v) is 11.4. The summed E-state index contributed by atoms with van der Waals surface area (Å²) in [6.07, 6.45) is 0. The quantitative estimate of drug-likeness (QED) is 0.156. The van der Waals surface area contributed by atoms with E-state index < -0.39 is 0 Å². The van der Waals surface area contributed by atoms with E-state index in [4.69, 9.17) is 0 Å². The molecule has 1 heterocycles. The molecule has 0 spiro atoms. The minimum Gasteiger partial charge on any atom is -0.308 e. The summed E-state index contributed by atoms with van der Waals surface area (Å²) >= 11 is 0. The van der Waals surface area contributed by atoms with Gasteiger partial charge in [0.05, 0.1) is 16.7 Å². The third-order valence-electron chi connectivity index (χ3n) is 11.4. The van der Waals surface area contributed by atoms with Crippen molar-refractivity contribution in [2.75, 3.05) is 4.90 Å². The van der Waals surface area contributed by atoms with Crippen molar-refractivity contribution >= 4 is 71.2 Å². The fourth-order valence-electron chi connectivity index (χ4n) is 8.79. The maximum atomic E-state index is 2.42. The van der Waals surface area contributed by atoms with Crippen LogP contribution in [0.1, 0.15) is 0 Å². The van der Waals surface area contributed by atoms with Gasteiger partial charge in [-0.15, -0.1) is 0 Å². The minimum absolute atomic E-state index is 1.09. The molecule has 262 valence electrons. The van der Waals surface area contributed by atoms with Crippen molar-refractivity contribution in [3.05, 3.63) is 218 Å². The molecule has 0 fully saturated rings. The minimum atomic E-state index is 1.09. The van der Waals surface area contributed by atoms with Gasteiger partial charge in [-0.25, -0.2) is 0 Å². The highest BCUT2D eigenvalue weighted by Gasteiger charge is 2.22. The average Bonchev–Trinajstić information content (AvgIpc) is 3.62. The molecular weight excluding hydrogens is 677 g/mol. The molecule has 0 N–H and O–H groups in total. The summed E-state index contributed by atoms with van der Waals surface area (Å²) in [6, 6.07) is 79.4. The van der Waals surface area contributed by atoms with Crippen molar-refractivity contribution in [1.29, 1.82) is 0 Å². The first-order valence-electron chi connectivity index (χ1n) is 19.3. The van der Waals surface area contributed by atoms with Crippen LogP contribution in [0.3, 0.4) is 0 Å². The Morgan fingerprint density at radius 1 is 0.321 bits per heavy atom. The zero-order valence-corrected chi connectivity index (χ0v) is 30.7. The van der Waals surface area contributed by atoms with Crippen LogP contribution >= 0.6 is 0 Å². The highest BCUT2D eigenvalue weighted by atomic mass is 15.2. The van der Waals surface area contributed by atoms with E-state index in [1.165, 1.54) is 76.4 Å². The van der Waals surface area contributed by atoms with Crippen LogP contribution in [0.5, 0.6) is 0 Å². The van der Waals surface area contributed by atoms with Gasteiger partial charge in [0.2, 0.25) is 0 Å². The second-order valence-corrected chi connectivity index (χ2v) is 14.5. The van der Waals surface area contributed by atoms with Gasteiger partial charge in [-0.05, 0) is 103 Å². The smallest absolute Gasteiger partial charge is 0.0782 e. The van der Waals surface area contributed by atoms with Crippen molar-refractivity contribution in [2.24, 2.45) is 0 Å². The Bertz CT molecular complexity index is 3210. The Hall–Kier alpha value is -7.42. The van der Waals surface area contributed by atoms with E-state index in [0.717, 1.165) is 22.7 Å². The highest BCUT2D eigenvalue weighted by molar-refractivity contribution is 6.21. The van der Waals surface area contributed by atoms with Gasteiger partial charge < -0.3 is 9.47 Å². The Kier molecular flexibility index (Phi) is 7.53. The van der Waals surface area contributed by atoms with Crippen molar-refractivity contribution in [2.45, 2.75) is 0 Å². The lowest BCUT2D eigenvalue weighted by atomic mass is 9.91. The molecule has 0 aliphatic carbocycles. The summed E-state index contributed by atoms with van der Waals surface area (Å²) < 4.78 is 2.42. The van der Waals surface area contributed by atoms with Gasteiger partial charge in [0.1, 0.15) is 0 Å². The molecule has 0 atom stereocenters. The summed E-state index contributed by atoms with van der Waals surface area (Å²) in [5.74, 6) is 0. The summed E-state index contributed by atoms with van der Waals surface area (Å²) in [5.41, 5.74) is 11.6. The van der Waals surface area contributed by atoms with Gasteiger partial charge in [0.15, 0.2) is 0 Å². The molecule has 0 saturated heterocycles. The molecule has 2 nitrogen and oxygen atoms in total. The molecule has 1 aromatic heterocycles. The van der Waals surface area contributed by atoms with E-state index in [9.17, 15) is 0 Å². The second-order valence-electron chi connectivity index (χ2n) is 14.5. The molecule has 10 aromatic carbocycles. The molecule has 2 heteroatoms. The van der Waals surface area contributed by atoms with E-state index in [1.54, 1.807) is 0 Å². The number of nitrogens with zero attached hydrogens (tertiary/aromatic N) is 2. The predicted octanol–water partition coefficient (Wildman–Crippen LogP) is 15.0. The molecule has 0 aliphatic heterocycles. The first-order chi connectivity index (χ1) is 27.8. The predicted molar refractivity (Wildman–Crippen MR) is 239 cm³/mol. The van der Waals surface area contributed by atoms with Crippen LogP contribution in [0.15, 0.2) is 218 Å². The number of benzene rings is 10. The lowest BCUT2D eigenvalue weighted by molar-refractivity contribution is 1.17. The highest BCUT2D eigenvalue weighted by Crippen LogP contribution is 2.45. The number of anilines is 3. The van der Waals surface area contributed by atoms with Crippen LogP contribution in [0, 0.1) is 0 Å². The summed E-state index contributed by atoms with van der Waals surface area (Å²) in [7, 11) is 0. The normalized spacial score (nSPS) is 11.6. The lowest BCUT2D eigenvalue weighted by Crippen LogP contribution is -2.11. The van der Waals surface area contributed by atoms with Crippen LogP contribution < -0.4 is 4.90 Å². The van der Waals surface area contributed by atoms with E-state index in [0.29, 0.717) is 0 Å². The van der Waals surface area contributed by atoms with Crippen molar-refractivity contribution < 1.29 is 0 Å². The van der Waals surface area contributed by atoms with Crippen molar-refractivity contribution in [3.63, 3.8) is 0 Å². The first kappa shape index (κ1) is 32.0. The average molecular weight is 713 g/mol. The number of hydrogen-bond donors (Lipinski definition) is 0. The lowest BCUT2D eigenvalue weighted by Gasteiger charge is -2.27. The number of fused-ring (bicyclic) bond motifs is 8. The van der Waals surface area contributed by atoms with Crippen LogP contribution in [-0.2, 0) is 0 Å². The maximum absolute atomic E-state index is 2.42. The van der Waals surface area contributed by atoms with Gasteiger partial charge in [0.25, 0.3) is 0 Å². The SMILES string of the molecule is c1ccc(-c2ccc(N(c3ccc(-c4cccc5ccc6c7ccccc7ccc6c45)cc3)c3cccc4c5ccccc5n(-c5ccccc5)c34)cc2)cc1. The number of aromatic nitrogens is 1. The molecule has 56 heavy (non-hydrogen) atoms. The number of rotatable bonds is 6. The van der Waals surface area contributed by atoms with Crippen molar-refractivity contribution in [3.8, 4) is 27.9 Å². The Labute approximate surface area is 325 Å². The number of hydrogen-bond acceptors (Lipinski definition) is 1. The fraction of sp³-hybridized carbons (Fsp3) is 0. The molecule has 0 amide bonds. The molecule has 0 saturated carbocycles. The van der Waals surface area contributed by atoms with E-state index >= 15 is 0 Å². The third kappa shape index (κ3) is 5.19. The van der Waals surface area contributed by atoms with E-state index in [1.807, 2.05) is 0 Å². The number of para-hydroxylation sites is 3. The standard InChI is InChI=1S/C54H36N2/c1-3-13-37(14-4-1)38-25-31-43(32-26-38)55(52-24-12-22-50-48-20-9-10-23-51(48)56(54(50)52)42-17-5-2-6-18-42)44-33-27-40(28-34-44)46-21-11-16-41-30-35-47-45-19-8-7-15-39(45)29-36-49(47)53(41)46/h1-36H. The van der Waals surface area contributed by atoms with Gasteiger partial charge in [-0.2, -0.15) is 0 Å².